The molecule has 0 bridgehead atoms. The van der Waals surface area contributed by atoms with Gasteiger partial charge >= 0.3 is 0 Å². The molecule has 5 nitrogen and oxygen atoms in total. The van der Waals surface area contributed by atoms with Gasteiger partial charge in [-0.2, -0.15) is 0 Å². The highest BCUT2D eigenvalue weighted by Crippen LogP contribution is 2.21. The maximum atomic E-state index is 13.8. The SMILES string of the molecule is CCOc1ccc(S(=O)(=O)N[C@H](C)Cc2ccoc2)cc1F. The van der Waals surface area contributed by atoms with Gasteiger partial charge in [0, 0.05) is 6.04 Å². The Balaban J connectivity index is 2.11. The van der Waals surface area contributed by atoms with Gasteiger partial charge in [-0.1, -0.05) is 0 Å². The molecule has 22 heavy (non-hydrogen) atoms. The van der Waals surface area contributed by atoms with Gasteiger partial charge in [-0.05, 0) is 50.1 Å². The van der Waals surface area contributed by atoms with E-state index in [1.807, 2.05) is 0 Å². The fourth-order valence-electron chi connectivity index (χ4n) is 2.06. The van der Waals surface area contributed by atoms with Crippen LogP contribution in [-0.2, 0) is 16.4 Å². The number of benzene rings is 1. The first kappa shape index (κ1) is 16.5. The summed E-state index contributed by atoms with van der Waals surface area (Å²) in [6.45, 7) is 3.77. The molecule has 0 fully saturated rings. The number of hydrogen-bond acceptors (Lipinski definition) is 4. The summed E-state index contributed by atoms with van der Waals surface area (Å²) in [6, 6.07) is 5.01. The smallest absolute Gasteiger partial charge is 0.240 e. The topological polar surface area (TPSA) is 68.5 Å². The van der Waals surface area contributed by atoms with Gasteiger partial charge in [-0.25, -0.2) is 17.5 Å². The molecule has 0 unspecified atom stereocenters. The van der Waals surface area contributed by atoms with Crippen LogP contribution in [0.2, 0.25) is 0 Å². The summed E-state index contributed by atoms with van der Waals surface area (Å²) < 4.78 is 50.8. The maximum absolute atomic E-state index is 13.8. The molecule has 0 spiro atoms. The first-order valence-corrected chi connectivity index (χ1v) is 8.36. The van der Waals surface area contributed by atoms with Crippen LogP contribution in [0, 0.1) is 5.82 Å². The predicted octanol–water partition coefficient (Wildman–Crippen LogP) is 2.73. The van der Waals surface area contributed by atoms with E-state index in [-0.39, 0.29) is 16.7 Å². The van der Waals surface area contributed by atoms with Crippen molar-refractivity contribution in [2.75, 3.05) is 6.61 Å². The maximum Gasteiger partial charge on any atom is 0.240 e. The standard InChI is InChI=1S/C15H18FNO4S/c1-3-21-15-5-4-13(9-14(15)16)22(18,19)17-11(2)8-12-6-7-20-10-12/h4-7,9-11,17H,3,8H2,1-2H3/t11-/m1/s1. The summed E-state index contributed by atoms with van der Waals surface area (Å²) in [5.74, 6) is -0.667. The van der Waals surface area contributed by atoms with Gasteiger partial charge in [0.05, 0.1) is 24.0 Å². The lowest BCUT2D eigenvalue weighted by molar-refractivity contribution is 0.321. The van der Waals surface area contributed by atoms with E-state index in [9.17, 15) is 12.8 Å². The quantitative estimate of drug-likeness (QED) is 0.849. The van der Waals surface area contributed by atoms with E-state index >= 15 is 0 Å². The zero-order valence-corrected chi connectivity index (χ0v) is 13.2. The molecule has 2 rings (SSSR count). The molecule has 0 saturated carbocycles. The van der Waals surface area contributed by atoms with Crippen molar-refractivity contribution in [1.82, 2.24) is 4.72 Å². The van der Waals surface area contributed by atoms with E-state index < -0.39 is 15.8 Å². The Morgan fingerprint density at radius 1 is 1.36 bits per heavy atom. The lowest BCUT2D eigenvalue weighted by Crippen LogP contribution is -2.34. The molecule has 1 aromatic carbocycles. The molecule has 2 aromatic rings. The molecule has 0 amide bonds. The van der Waals surface area contributed by atoms with E-state index in [0.29, 0.717) is 13.0 Å². The van der Waals surface area contributed by atoms with E-state index in [4.69, 9.17) is 9.15 Å². The Hall–Kier alpha value is -1.86. The van der Waals surface area contributed by atoms with Crippen LogP contribution in [0.25, 0.3) is 0 Å². The molecule has 120 valence electrons. The summed E-state index contributed by atoms with van der Waals surface area (Å²) in [5.41, 5.74) is 0.882. The second-order valence-corrected chi connectivity index (χ2v) is 6.60. The summed E-state index contributed by atoms with van der Waals surface area (Å²) in [6.07, 6.45) is 3.56. The Bertz CT molecular complexity index is 713. The number of furan rings is 1. The molecule has 0 aliphatic carbocycles. The lowest BCUT2D eigenvalue weighted by atomic mass is 10.1. The lowest BCUT2D eigenvalue weighted by Gasteiger charge is -2.14. The summed E-state index contributed by atoms with van der Waals surface area (Å²) in [4.78, 5) is -0.132. The number of ether oxygens (including phenoxy) is 1. The van der Waals surface area contributed by atoms with Crippen LogP contribution in [0.4, 0.5) is 4.39 Å². The predicted molar refractivity (Wildman–Crippen MR) is 79.8 cm³/mol. The zero-order chi connectivity index (χ0) is 16.2. The van der Waals surface area contributed by atoms with Crippen molar-refractivity contribution in [3.05, 3.63) is 48.2 Å². The first-order chi connectivity index (χ1) is 10.4. The van der Waals surface area contributed by atoms with Crippen molar-refractivity contribution in [3.63, 3.8) is 0 Å². The molecule has 0 radical (unpaired) electrons. The van der Waals surface area contributed by atoms with Gasteiger partial charge in [0.15, 0.2) is 11.6 Å². The van der Waals surface area contributed by atoms with E-state index in [1.54, 1.807) is 26.2 Å². The average molecular weight is 327 g/mol. The van der Waals surface area contributed by atoms with Gasteiger partial charge < -0.3 is 9.15 Å². The summed E-state index contributed by atoms with van der Waals surface area (Å²) in [5, 5.41) is 0. The van der Waals surface area contributed by atoms with Crippen LogP contribution in [0.15, 0.2) is 46.1 Å². The third-order valence-electron chi connectivity index (χ3n) is 2.99. The van der Waals surface area contributed by atoms with Gasteiger partial charge in [0.2, 0.25) is 10.0 Å². The van der Waals surface area contributed by atoms with E-state index in [0.717, 1.165) is 11.6 Å². The first-order valence-electron chi connectivity index (χ1n) is 6.88. The second-order valence-electron chi connectivity index (χ2n) is 4.88. The van der Waals surface area contributed by atoms with E-state index in [1.165, 1.54) is 18.4 Å². The number of sulfonamides is 1. The summed E-state index contributed by atoms with van der Waals surface area (Å²) >= 11 is 0. The molecule has 1 atom stereocenters. The monoisotopic (exact) mass is 327 g/mol. The number of hydrogen-bond donors (Lipinski definition) is 1. The molecule has 0 aliphatic heterocycles. The van der Waals surface area contributed by atoms with Crippen LogP contribution >= 0.6 is 0 Å². The van der Waals surface area contributed by atoms with Crippen LogP contribution < -0.4 is 9.46 Å². The summed E-state index contributed by atoms with van der Waals surface area (Å²) in [7, 11) is -3.79. The van der Waals surface area contributed by atoms with Crippen LogP contribution in [-0.4, -0.2) is 21.1 Å². The zero-order valence-electron chi connectivity index (χ0n) is 12.4. The highest BCUT2D eigenvalue weighted by molar-refractivity contribution is 7.89. The highest BCUT2D eigenvalue weighted by Gasteiger charge is 2.19. The normalized spacial score (nSPS) is 13.0. The van der Waals surface area contributed by atoms with Gasteiger partial charge in [-0.15, -0.1) is 0 Å². The van der Waals surface area contributed by atoms with Crippen molar-refractivity contribution < 1.29 is 22.0 Å². The fourth-order valence-corrected chi connectivity index (χ4v) is 3.31. The van der Waals surface area contributed by atoms with E-state index in [2.05, 4.69) is 4.72 Å². The Morgan fingerprint density at radius 3 is 2.73 bits per heavy atom. The van der Waals surface area contributed by atoms with Crippen LogP contribution in [0.1, 0.15) is 19.4 Å². The second kappa shape index (κ2) is 6.93. The van der Waals surface area contributed by atoms with Crippen molar-refractivity contribution in [2.24, 2.45) is 0 Å². The molecule has 1 heterocycles. The Morgan fingerprint density at radius 2 is 2.14 bits per heavy atom. The molecule has 1 aromatic heterocycles. The highest BCUT2D eigenvalue weighted by atomic mass is 32.2. The molecule has 7 heteroatoms. The minimum atomic E-state index is -3.79. The minimum Gasteiger partial charge on any atom is -0.491 e. The number of rotatable bonds is 7. The molecule has 0 saturated heterocycles. The van der Waals surface area contributed by atoms with Crippen molar-refractivity contribution >= 4 is 10.0 Å². The van der Waals surface area contributed by atoms with Crippen molar-refractivity contribution in [2.45, 2.75) is 31.2 Å². The third-order valence-corrected chi connectivity index (χ3v) is 4.58. The number of halogens is 1. The van der Waals surface area contributed by atoms with Gasteiger partial charge in [0.25, 0.3) is 0 Å². The van der Waals surface area contributed by atoms with Gasteiger partial charge in [0.1, 0.15) is 0 Å². The fraction of sp³-hybridized carbons (Fsp3) is 0.333. The Kier molecular flexibility index (Phi) is 5.20. The van der Waals surface area contributed by atoms with Crippen molar-refractivity contribution in [1.29, 1.82) is 0 Å². The molecule has 0 aliphatic rings. The molecular formula is C15H18FNO4S. The minimum absolute atomic E-state index is 0.0351. The molecule has 1 N–H and O–H groups in total. The average Bonchev–Trinajstić information content (AvgIpc) is 2.93. The molecular weight excluding hydrogens is 309 g/mol. The van der Waals surface area contributed by atoms with Crippen molar-refractivity contribution in [3.8, 4) is 5.75 Å². The van der Waals surface area contributed by atoms with Gasteiger partial charge in [-0.3, -0.25) is 0 Å². The van der Waals surface area contributed by atoms with Crippen LogP contribution in [0.5, 0.6) is 5.75 Å². The number of nitrogens with one attached hydrogen (secondary N) is 1. The van der Waals surface area contributed by atoms with Crippen LogP contribution in [0.3, 0.4) is 0 Å². The largest absolute Gasteiger partial charge is 0.491 e. The Labute approximate surface area is 129 Å². The third kappa shape index (κ3) is 4.08.